The molecular formula is C14H19N3O3. The van der Waals surface area contributed by atoms with Crippen molar-refractivity contribution < 1.29 is 14.3 Å². The largest absolute Gasteiger partial charge is 0.465 e. The van der Waals surface area contributed by atoms with E-state index in [0.29, 0.717) is 17.8 Å². The maximum atomic E-state index is 11.8. The zero-order valence-electron chi connectivity index (χ0n) is 11.7. The van der Waals surface area contributed by atoms with Crippen LogP contribution in [0, 0.1) is 0 Å². The van der Waals surface area contributed by atoms with Crippen LogP contribution >= 0.6 is 0 Å². The molecule has 1 unspecified atom stereocenters. The van der Waals surface area contributed by atoms with Crippen molar-refractivity contribution in [3.63, 3.8) is 0 Å². The van der Waals surface area contributed by atoms with Gasteiger partial charge >= 0.3 is 5.97 Å². The van der Waals surface area contributed by atoms with E-state index in [1.54, 1.807) is 12.1 Å². The maximum Gasteiger partial charge on any atom is 0.340 e. The Bertz CT molecular complexity index is 530. The highest BCUT2D eigenvalue weighted by atomic mass is 16.5. The van der Waals surface area contributed by atoms with E-state index in [-0.39, 0.29) is 11.9 Å². The highest BCUT2D eigenvalue weighted by molar-refractivity contribution is 5.97. The molecule has 1 heterocycles. The number of amides is 1. The maximum absolute atomic E-state index is 11.8. The smallest absolute Gasteiger partial charge is 0.340 e. The van der Waals surface area contributed by atoms with Gasteiger partial charge < -0.3 is 20.7 Å². The summed E-state index contributed by atoms with van der Waals surface area (Å²) in [5, 5.41) is 2.89. The number of carbonyl (C=O) groups is 2. The van der Waals surface area contributed by atoms with Gasteiger partial charge in [0.1, 0.15) is 0 Å². The quantitative estimate of drug-likeness (QED) is 0.629. The third-order valence-corrected chi connectivity index (χ3v) is 3.36. The Morgan fingerprint density at radius 3 is 2.85 bits per heavy atom. The van der Waals surface area contributed by atoms with Gasteiger partial charge in [-0.2, -0.15) is 0 Å². The van der Waals surface area contributed by atoms with Gasteiger partial charge in [0.2, 0.25) is 5.91 Å². The molecule has 1 fully saturated rings. The molecule has 1 saturated heterocycles. The molecule has 20 heavy (non-hydrogen) atoms. The normalized spacial score (nSPS) is 17.9. The molecule has 0 aromatic heterocycles. The summed E-state index contributed by atoms with van der Waals surface area (Å²) in [6.45, 7) is 2.96. The van der Waals surface area contributed by atoms with Gasteiger partial charge in [0, 0.05) is 31.7 Å². The van der Waals surface area contributed by atoms with E-state index in [2.05, 4.69) is 10.2 Å². The Morgan fingerprint density at radius 1 is 1.45 bits per heavy atom. The lowest BCUT2D eigenvalue weighted by molar-refractivity contribution is -0.119. The van der Waals surface area contributed by atoms with Crippen LogP contribution in [0.15, 0.2) is 18.2 Å². The number of hydrogen-bond donors (Lipinski definition) is 2. The summed E-state index contributed by atoms with van der Waals surface area (Å²) in [6.07, 6.45) is 0.852. The number of nitrogens with two attached hydrogens (primary N) is 1. The highest BCUT2D eigenvalue weighted by Crippen LogP contribution is 2.27. The zero-order chi connectivity index (χ0) is 14.7. The highest BCUT2D eigenvalue weighted by Gasteiger charge is 2.26. The molecule has 1 aromatic rings. The number of benzene rings is 1. The number of carbonyl (C=O) groups excluding carboxylic acids is 2. The van der Waals surface area contributed by atoms with E-state index >= 15 is 0 Å². The number of hydrogen-bond acceptors (Lipinski definition) is 5. The minimum Gasteiger partial charge on any atom is -0.465 e. The second kappa shape index (κ2) is 5.81. The van der Waals surface area contributed by atoms with Crippen LogP contribution in [0.25, 0.3) is 0 Å². The molecule has 0 radical (unpaired) electrons. The van der Waals surface area contributed by atoms with Gasteiger partial charge in [-0.1, -0.05) is 0 Å². The summed E-state index contributed by atoms with van der Waals surface area (Å²) in [7, 11) is 1.35. The fraction of sp³-hybridized carbons (Fsp3) is 0.429. The minimum absolute atomic E-state index is 0.0395. The molecule has 1 aliphatic rings. The van der Waals surface area contributed by atoms with E-state index in [1.165, 1.54) is 14.0 Å². The van der Waals surface area contributed by atoms with Crippen LogP contribution in [0.3, 0.4) is 0 Å². The van der Waals surface area contributed by atoms with Crippen molar-refractivity contribution in [2.45, 2.75) is 19.4 Å². The summed E-state index contributed by atoms with van der Waals surface area (Å²) < 4.78 is 4.79. The first-order valence-corrected chi connectivity index (χ1v) is 6.51. The van der Waals surface area contributed by atoms with E-state index in [0.717, 1.165) is 18.7 Å². The molecular weight excluding hydrogens is 258 g/mol. The summed E-state index contributed by atoms with van der Waals surface area (Å²) in [5.41, 5.74) is 7.49. The van der Waals surface area contributed by atoms with Crippen molar-refractivity contribution >= 4 is 23.3 Å². The van der Waals surface area contributed by atoms with Crippen LogP contribution in [0.1, 0.15) is 23.7 Å². The van der Waals surface area contributed by atoms with E-state index in [1.807, 2.05) is 6.07 Å². The van der Waals surface area contributed by atoms with E-state index in [4.69, 9.17) is 10.5 Å². The van der Waals surface area contributed by atoms with Crippen molar-refractivity contribution in [1.29, 1.82) is 0 Å². The van der Waals surface area contributed by atoms with Crippen molar-refractivity contribution in [2.24, 2.45) is 0 Å². The number of nitrogens with one attached hydrogen (secondary N) is 1. The molecule has 1 aliphatic heterocycles. The number of ether oxygens (including phenoxy) is 1. The van der Waals surface area contributed by atoms with Gasteiger partial charge in [0.15, 0.2) is 0 Å². The molecule has 108 valence electrons. The molecule has 1 atom stereocenters. The second-order valence-electron chi connectivity index (χ2n) is 4.90. The number of nitrogen functional groups attached to an aromatic ring is 1. The van der Waals surface area contributed by atoms with Gasteiger partial charge in [-0.15, -0.1) is 0 Å². The Hall–Kier alpha value is -2.24. The number of methoxy groups -OCH3 is 1. The number of anilines is 2. The fourth-order valence-corrected chi connectivity index (χ4v) is 2.49. The first-order chi connectivity index (χ1) is 9.51. The lowest BCUT2D eigenvalue weighted by Crippen LogP contribution is -2.35. The van der Waals surface area contributed by atoms with Crippen LogP contribution in [0.2, 0.25) is 0 Å². The van der Waals surface area contributed by atoms with E-state index in [9.17, 15) is 9.59 Å². The molecule has 0 spiro atoms. The topological polar surface area (TPSA) is 84.7 Å². The Kier molecular flexibility index (Phi) is 4.12. The first kappa shape index (κ1) is 14.2. The van der Waals surface area contributed by atoms with Gasteiger partial charge in [0.25, 0.3) is 0 Å². The number of esters is 1. The lowest BCUT2D eigenvalue weighted by Gasteiger charge is -2.21. The SMILES string of the molecule is COC(=O)c1cc(N)ccc1N1CCC(NC(C)=O)C1. The van der Waals surface area contributed by atoms with Gasteiger partial charge in [-0.25, -0.2) is 4.79 Å². The van der Waals surface area contributed by atoms with Crippen LogP contribution in [-0.2, 0) is 9.53 Å². The average molecular weight is 277 g/mol. The van der Waals surface area contributed by atoms with Crippen LogP contribution < -0.4 is 16.0 Å². The molecule has 1 amide bonds. The number of rotatable bonds is 3. The van der Waals surface area contributed by atoms with Crippen LogP contribution in [0.4, 0.5) is 11.4 Å². The second-order valence-corrected chi connectivity index (χ2v) is 4.90. The predicted octanol–water partition coefficient (Wildman–Crippen LogP) is 0.770. The Labute approximate surface area is 117 Å². The minimum atomic E-state index is -0.407. The van der Waals surface area contributed by atoms with Gasteiger partial charge in [-0.3, -0.25) is 4.79 Å². The Morgan fingerprint density at radius 2 is 2.20 bits per heavy atom. The average Bonchev–Trinajstić information content (AvgIpc) is 2.85. The van der Waals surface area contributed by atoms with Crippen LogP contribution in [-0.4, -0.2) is 38.1 Å². The van der Waals surface area contributed by atoms with Gasteiger partial charge in [-0.05, 0) is 24.6 Å². The standard InChI is InChI=1S/C14H19N3O3/c1-9(18)16-11-5-6-17(8-11)13-4-3-10(15)7-12(13)14(19)20-2/h3-4,7,11H,5-6,8,15H2,1-2H3,(H,16,18). The summed E-state index contributed by atoms with van der Waals surface area (Å²) in [5.74, 6) is -0.447. The number of nitrogens with zero attached hydrogens (tertiary/aromatic N) is 1. The third kappa shape index (κ3) is 3.01. The molecule has 2 rings (SSSR count). The van der Waals surface area contributed by atoms with Crippen molar-refractivity contribution in [3.05, 3.63) is 23.8 Å². The third-order valence-electron chi connectivity index (χ3n) is 3.36. The Balaban J connectivity index is 2.21. The predicted molar refractivity (Wildman–Crippen MR) is 76.6 cm³/mol. The molecule has 0 bridgehead atoms. The summed E-state index contributed by atoms with van der Waals surface area (Å²) in [4.78, 5) is 25.0. The molecule has 3 N–H and O–H groups in total. The van der Waals surface area contributed by atoms with Crippen molar-refractivity contribution in [3.8, 4) is 0 Å². The molecule has 0 saturated carbocycles. The summed E-state index contributed by atoms with van der Waals surface area (Å²) in [6, 6.07) is 5.30. The first-order valence-electron chi connectivity index (χ1n) is 6.51. The van der Waals surface area contributed by atoms with Crippen molar-refractivity contribution in [1.82, 2.24) is 5.32 Å². The molecule has 1 aromatic carbocycles. The summed E-state index contributed by atoms with van der Waals surface area (Å²) >= 11 is 0. The molecule has 6 nitrogen and oxygen atoms in total. The molecule has 6 heteroatoms. The van der Waals surface area contributed by atoms with E-state index < -0.39 is 5.97 Å². The van der Waals surface area contributed by atoms with Gasteiger partial charge in [0.05, 0.1) is 18.4 Å². The van der Waals surface area contributed by atoms with Crippen LogP contribution in [0.5, 0.6) is 0 Å². The fourth-order valence-electron chi connectivity index (χ4n) is 2.49. The monoisotopic (exact) mass is 277 g/mol. The lowest BCUT2D eigenvalue weighted by atomic mass is 10.1. The van der Waals surface area contributed by atoms with Crippen molar-refractivity contribution in [2.75, 3.05) is 30.8 Å². The molecule has 0 aliphatic carbocycles. The zero-order valence-corrected chi connectivity index (χ0v) is 11.7.